The third-order valence-corrected chi connectivity index (χ3v) is 15.5. The van der Waals surface area contributed by atoms with Crippen molar-refractivity contribution >= 4 is 68.3 Å². The summed E-state index contributed by atoms with van der Waals surface area (Å²) in [6, 6.07) is 64.0. The van der Waals surface area contributed by atoms with E-state index in [1.165, 1.54) is 33.0 Å². The van der Waals surface area contributed by atoms with Crippen LogP contribution in [0.3, 0.4) is 0 Å². The summed E-state index contributed by atoms with van der Waals surface area (Å²) in [5, 5.41) is 5.59. The zero-order valence-electron chi connectivity index (χ0n) is 38.6. The average molecular weight is 1080 g/mol. The summed E-state index contributed by atoms with van der Waals surface area (Å²) in [5.41, 5.74) is 17.3. The number of para-hydroxylation sites is 2. The smallest absolute Gasteiger partial charge is 0.216 e. The molecule has 12 aromatic rings. The SMILES string of the molecule is CC1(C)c2ccccc2-c2ccc(-n3c(-c4[c-]ccc5c4oc4cc(-c6ccccc6)ccc45)nc4ccccc43)cc21.Cc1ccc2c(n1)oc1c(-c3ccc([Si](C)(C)C)cn3)[c-]ccc12.[Ir]. The number of fused-ring (bicyclic) bond motifs is 10. The van der Waals surface area contributed by atoms with E-state index in [1.807, 2.05) is 49.5 Å². The van der Waals surface area contributed by atoms with Gasteiger partial charge in [0.2, 0.25) is 5.71 Å². The number of nitrogens with zero attached hydrogens (tertiary/aromatic N) is 4. The van der Waals surface area contributed by atoms with Gasteiger partial charge in [0.1, 0.15) is 5.58 Å². The second-order valence-electron chi connectivity index (χ2n) is 19.1. The van der Waals surface area contributed by atoms with Crippen LogP contribution in [0.2, 0.25) is 19.6 Å². The molecule has 1 aliphatic carbocycles. The van der Waals surface area contributed by atoms with Crippen molar-refractivity contribution in [3.8, 4) is 50.6 Å². The van der Waals surface area contributed by atoms with E-state index in [1.54, 1.807) is 0 Å². The molecule has 333 valence electrons. The number of hydrogen-bond donors (Lipinski definition) is 0. The summed E-state index contributed by atoms with van der Waals surface area (Å²) in [6.45, 7) is 13.6. The summed E-state index contributed by atoms with van der Waals surface area (Å²) < 4.78 is 15.0. The molecular formula is C60H46IrN4O2Si-2. The van der Waals surface area contributed by atoms with Gasteiger partial charge in [-0.15, -0.1) is 36.4 Å². The molecule has 5 heterocycles. The van der Waals surface area contributed by atoms with E-state index in [4.69, 9.17) is 13.8 Å². The molecule has 0 unspecified atom stereocenters. The maximum Gasteiger partial charge on any atom is 0.216 e. The van der Waals surface area contributed by atoms with Crippen molar-refractivity contribution < 1.29 is 28.9 Å². The summed E-state index contributed by atoms with van der Waals surface area (Å²) in [6.07, 6.45) is 2.00. The first-order chi connectivity index (χ1) is 32.5. The van der Waals surface area contributed by atoms with Gasteiger partial charge in [-0.1, -0.05) is 152 Å². The van der Waals surface area contributed by atoms with E-state index >= 15 is 0 Å². The molecule has 0 saturated heterocycles. The first kappa shape index (κ1) is 43.4. The molecule has 68 heavy (non-hydrogen) atoms. The minimum Gasteiger partial charge on any atom is -0.501 e. The number of aryl methyl sites for hydroxylation is 1. The summed E-state index contributed by atoms with van der Waals surface area (Å²) in [5.74, 6) is 0.822. The molecule has 8 heteroatoms. The predicted octanol–water partition coefficient (Wildman–Crippen LogP) is 15.1. The van der Waals surface area contributed by atoms with Crippen molar-refractivity contribution in [2.24, 2.45) is 0 Å². The second-order valence-corrected chi connectivity index (χ2v) is 24.2. The van der Waals surface area contributed by atoms with E-state index in [9.17, 15) is 0 Å². The summed E-state index contributed by atoms with van der Waals surface area (Å²) in [4.78, 5) is 14.4. The van der Waals surface area contributed by atoms with Gasteiger partial charge in [0.15, 0.2) is 0 Å². The fourth-order valence-electron chi connectivity index (χ4n) is 9.89. The van der Waals surface area contributed by atoms with Crippen LogP contribution in [-0.4, -0.2) is 27.6 Å². The Kier molecular flexibility index (Phi) is 10.5. The van der Waals surface area contributed by atoms with Crippen LogP contribution in [0.1, 0.15) is 30.7 Å². The summed E-state index contributed by atoms with van der Waals surface area (Å²) >= 11 is 0. The van der Waals surface area contributed by atoms with Gasteiger partial charge in [0.25, 0.3) is 0 Å². The molecule has 0 fully saturated rings. The van der Waals surface area contributed by atoms with E-state index < -0.39 is 8.07 Å². The molecule has 0 N–H and O–H groups in total. The predicted molar refractivity (Wildman–Crippen MR) is 277 cm³/mol. The maximum atomic E-state index is 6.65. The molecule has 0 bridgehead atoms. The fourth-order valence-corrected chi connectivity index (χ4v) is 10.9. The van der Waals surface area contributed by atoms with Gasteiger partial charge in [-0.25, -0.2) is 4.98 Å². The van der Waals surface area contributed by atoms with Crippen LogP contribution in [0.5, 0.6) is 0 Å². The number of hydrogen-bond acceptors (Lipinski definition) is 5. The van der Waals surface area contributed by atoms with Crippen LogP contribution < -0.4 is 5.19 Å². The Morgan fingerprint density at radius 2 is 1.29 bits per heavy atom. The van der Waals surface area contributed by atoms with E-state index in [0.29, 0.717) is 5.71 Å². The Hall–Kier alpha value is -7.22. The van der Waals surface area contributed by atoms with Gasteiger partial charge in [-0.3, -0.25) is 4.98 Å². The van der Waals surface area contributed by atoms with Crippen molar-refractivity contribution in [3.05, 3.63) is 199 Å². The first-order valence-corrected chi connectivity index (χ1v) is 26.3. The number of benzene rings is 7. The minimum atomic E-state index is -1.35. The normalized spacial score (nSPS) is 12.9. The minimum absolute atomic E-state index is 0. The van der Waals surface area contributed by atoms with E-state index in [-0.39, 0.29) is 25.5 Å². The molecule has 5 aromatic heterocycles. The molecule has 0 atom stereocenters. The molecule has 0 saturated carbocycles. The zero-order valence-corrected chi connectivity index (χ0v) is 42.0. The number of rotatable bonds is 5. The van der Waals surface area contributed by atoms with Gasteiger partial charge < -0.3 is 18.4 Å². The van der Waals surface area contributed by atoms with Gasteiger partial charge >= 0.3 is 0 Å². The van der Waals surface area contributed by atoms with E-state index in [0.717, 1.165) is 88.9 Å². The van der Waals surface area contributed by atoms with Gasteiger partial charge in [-0.2, -0.15) is 0 Å². The molecule has 0 aliphatic heterocycles. The molecule has 1 aliphatic rings. The van der Waals surface area contributed by atoms with Crippen LogP contribution in [0.15, 0.2) is 179 Å². The van der Waals surface area contributed by atoms with Crippen LogP contribution in [-0.2, 0) is 25.5 Å². The van der Waals surface area contributed by atoms with Crippen molar-refractivity contribution in [1.29, 1.82) is 0 Å². The second kappa shape index (κ2) is 16.5. The Morgan fingerprint density at radius 3 is 2.09 bits per heavy atom. The fraction of sp³-hybridized carbons (Fsp3) is 0.117. The molecule has 6 nitrogen and oxygen atoms in total. The zero-order chi connectivity index (χ0) is 45.6. The Labute approximate surface area is 409 Å². The van der Waals surface area contributed by atoms with E-state index in [2.05, 4.69) is 188 Å². The maximum absolute atomic E-state index is 6.65. The quantitative estimate of drug-likeness (QED) is 0.127. The van der Waals surface area contributed by atoms with Crippen molar-refractivity contribution in [2.45, 2.75) is 45.8 Å². The van der Waals surface area contributed by atoms with Gasteiger partial charge in [0.05, 0.1) is 36.1 Å². The van der Waals surface area contributed by atoms with Crippen LogP contribution >= 0.6 is 0 Å². The molecule has 1 radical (unpaired) electrons. The third kappa shape index (κ3) is 7.14. The molecular weight excluding hydrogens is 1030 g/mol. The average Bonchev–Trinajstić information content (AvgIpc) is 4.09. The Bertz CT molecular complexity index is 3900. The number of furan rings is 2. The van der Waals surface area contributed by atoms with Crippen LogP contribution in [0.4, 0.5) is 0 Å². The Morgan fingerprint density at radius 1 is 0.588 bits per heavy atom. The molecule has 0 amide bonds. The van der Waals surface area contributed by atoms with Gasteiger partial charge in [-0.05, 0) is 93.6 Å². The van der Waals surface area contributed by atoms with Crippen molar-refractivity contribution in [1.82, 2.24) is 19.5 Å². The topological polar surface area (TPSA) is 69.9 Å². The first-order valence-electron chi connectivity index (χ1n) is 22.8. The molecule has 0 spiro atoms. The van der Waals surface area contributed by atoms with Crippen LogP contribution in [0.25, 0.3) is 106 Å². The largest absolute Gasteiger partial charge is 0.501 e. The number of aromatic nitrogens is 4. The number of imidazole rings is 1. The van der Waals surface area contributed by atoms with Crippen molar-refractivity contribution in [3.63, 3.8) is 0 Å². The Balaban J connectivity index is 0.000000172. The third-order valence-electron chi connectivity index (χ3n) is 13.5. The van der Waals surface area contributed by atoms with Crippen LogP contribution in [0, 0.1) is 19.1 Å². The standard InChI is InChI=1S/C40H27N2O.C20H19N2OSi.Ir/c1-40(2)33-16-7-6-13-28(33)29-22-20-27(24-34(29)40)42-36-18-9-8-17-35(36)41-39(42)32-15-10-14-31-30-21-19-26(23-37(30)43-38(31)32)25-11-4-3-5-12-25;1-13-8-10-16-15-6-5-7-17(19(15)23-20(16)22-13)18-11-9-14(12-21-18)24(2,3)4;/h3-14,16-24H,1-2H3;5-6,8-12H,1-4H3;/q2*-1;. The number of pyridine rings is 2. The molecule has 7 aromatic carbocycles. The monoisotopic (exact) mass is 1080 g/mol. The molecule has 13 rings (SSSR count). The van der Waals surface area contributed by atoms with Crippen molar-refractivity contribution in [2.75, 3.05) is 0 Å². The summed E-state index contributed by atoms with van der Waals surface area (Å²) in [7, 11) is -1.35. The van der Waals surface area contributed by atoms with Gasteiger partial charge in [0, 0.05) is 53.9 Å².